The molecule has 5 N–H and O–H groups in total. The van der Waals surface area contributed by atoms with Gasteiger partial charge in [-0.25, -0.2) is 4.98 Å². The predicted octanol–water partition coefficient (Wildman–Crippen LogP) is 2.68. The number of hydrogen-bond acceptors (Lipinski definition) is 4. The molecule has 1 heterocycles. The summed E-state index contributed by atoms with van der Waals surface area (Å²) in [5, 5.41) is 9.21. The Labute approximate surface area is 125 Å². The van der Waals surface area contributed by atoms with Crippen LogP contribution < -0.4 is 16.9 Å². The molecule has 5 heteroatoms. The van der Waals surface area contributed by atoms with E-state index in [9.17, 15) is 0 Å². The van der Waals surface area contributed by atoms with E-state index in [2.05, 4.69) is 42.2 Å². The molecule has 0 aliphatic carbocycles. The van der Waals surface area contributed by atoms with Crippen molar-refractivity contribution in [3.8, 4) is 0 Å². The molecule has 1 atom stereocenters. The fraction of sp³-hybridized carbons (Fsp3) is 0.375. The first-order chi connectivity index (χ1) is 9.89. The van der Waals surface area contributed by atoms with Crippen molar-refractivity contribution in [3.63, 3.8) is 0 Å². The molecule has 0 bridgehead atoms. The van der Waals surface area contributed by atoms with Crippen LogP contribution >= 0.6 is 0 Å². The molecule has 5 nitrogen and oxygen atoms in total. The van der Waals surface area contributed by atoms with E-state index in [4.69, 9.17) is 11.6 Å². The number of aromatic nitrogens is 1. The van der Waals surface area contributed by atoms with Gasteiger partial charge < -0.3 is 16.9 Å². The van der Waals surface area contributed by atoms with Crippen LogP contribution in [0.5, 0.6) is 0 Å². The van der Waals surface area contributed by atoms with Crippen molar-refractivity contribution in [2.75, 3.05) is 5.32 Å². The Bertz CT molecular complexity index is 642. The van der Waals surface area contributed by atoms with Gasteiger partial charge >= 0.3 is 0 Å². The summed E-state index contributed by atoms with van der Waals surface area (Å²) in [6, 6.07) is 9.97. The van der Waals surface area contributed by atoms with Gasteiger partial charge in [0.05, 0.1) is 6.04 Å². The van der Waals surface area contributed by atoms with Crippen LogP contribution in [-0.2, 0) is 0 Å². The maximum atomic E-state index is 5.92. The maximum Gasteiger partial charge on any atom is 0.142 e. The number of hydrogen-bond donors (Lipinski definition) is 3. The summed E-state index contributed by atoms with van der Waals surface area (Å²) in [6.07, 6.45) is 2.66. The molecule has 1 aromatic heterocycles. The van der Waals surface area contributed by atoms with E-state index < -0.39 is 0 Å². The summed E-state index contributed by atoms with van der Waals surface area (Å²) >= 11 is 0. The lowest BCUT2D eigenvalue weighted by molar-refractivity contribution is 0.373. The molecule has 1 aromatic carbocycles. The van der Waals surface area contributed by atoms with E-state index in [1.165, 1.54) is 0 Å². The third kappa shape index (κ3) is 4.08. The Kier molecular flexibility index (Phi) is 4.31. The van der Waals surface area contributed by atoms with Crippen LogP contribution in [0.2, 0.25) is 0 Å². The quantitative estimate of drug-likeness (QED) is 0.349. The number of benzene rings is 1. The summed E-state index contributed by atoms with van der Waals surface area (Å²) in [7, 11) is 0. The molecule has 0 saturated heterocycles. The average molecular weight is 285 g/mol. The standard InChI is InChI=1S/C16H23N5/c1-16(2,3)9-13(15(17)21-18)20-14-8-11-6-4-5-7-12(11)10-19-14/h4-8,10,13H,9,18H2,1-3H3,(H2,17,21)(H,19,20). The van der Waals surface area contributed by atoms with Gasteiger partial charge in [-0.15, -0.1) is 0 Å². The molecule has 0 spiro atoms. The number of nitrogens with two attached hydrogens (primary N) is 2. The van der Waals surface area contributed by atoms with Crippen LogP contribution in [0.3, 0.4) is 0 Å². The number of fused-ring (bicyclic) bond motifs is 1. The highest BCUT2D eigenvalue weighted by molar-refractivity contribution is 5.89. The topological polar surface area (TPSA) is 89.3 Å². The minimum Gasteiger partial charge on any atom is -0.384 e. The lowest BCUT2D eigenvalue weighted by Gasteiger charge is -2.26. The molecule has 0 aliphatic heterocycles. The lowest BCUT2D eigenvalue weighted by atomic mass is 9.87. The van der Waals surface area contributed by atoms with Gasteiger partial charge in [0.1, 0.15) is 11.7 Å². The molecule has 2 rings (SSSR count). The van der Waals surface area contributed by atoms with Crippen LogP contribution in [0.1, 0.15) is 27.2 Å². The zero-order chi connectivity index (χ0) is 15.5. The Morgan fingerprint density at radius 2 is 1.95 bits per heavy atom. The number of hydrazone groups is 1. The Balaban J connectivity index is 2.25. The fourth-order valence-corrected chi connectivity index (χ4v) is 2.27. The zero-order valence-electron chi connectivity index (χ0n) is 12.8. The number of rotatable bonds is 4. The van der Waals surface area contributed by atoms with E-state index in [-0.39, 0.29) is 11.5 Å². The van der Waals surface area contributed by atoms with Crippen molar-refractivity contribution < 1.29 is 0 Å². The van der Waals surface area contributed by atoms with Crippen molar-refractivity contribution in [2.24, 2.45) is 22.1 Å². The summed E-state index contributed by atoms with van der Waals surface area (Å²) in [6.45, 7) is 6.46. The maximum absolute atomic E-state index is 5.92. The third-order valence-electron chi connectivity index (χ3n) is 3.28. The number of pyridine rings is 1. The predicted molar refractivity (Wildman–Crippen MR) is 89.0 cm³/mol. The molecule has 21 heavy (non-hydrogen) atoms. The first-order valence-corrected chi connectivity index (χ1v) is 7.03. The van der Waals surface area contributed by atoms with Gasteiger partial charge in [0.2, 0.25) is 0 Å². The largest absolute Gasteiger partial charge is 0.384 e. The van der Waals surface area contributed by atoms with Gasteiger partial charge in [-0.05, 0) is 23.3 Å². The zero-order valence-corrected chi connectivity index (χ0v) is 12.8. The van der Waals surface area contributed by atoms with Gasteiger partial charge in [-0.3, -0.25) is 0 Å². The fourth-order valence-electron chi connectivity index (χ4n) is 2.27. The second-order valence-electron chi connectivity index (χ2n) is 6.43. The van der Waals surface area contributed by atoms with Gasteiger partial charge in [0, 0.05) is 11.6 Å². The second kappa shape index (κ2) is 5.99. The molecule has 1 unspecified atom stereocenters. The first kappa shape index (κ1) is 15.1. The number of nitrogens with one attached hydrogen (secondary N) is 1. The highest BCUT2D eigenvalue weighted by atomic mass is 15.2. The summed E-state index contributed by atoms with van der Waals surface area (Å²) in [4.78, 5) is 4.43. The van der Waals surface area contributed by atoms with Gasteiger partial charge in [0.15, 0.2) is 0 Å². The average Bonchev–Trinajstić information content (AvgIpc) is 2.44. The van der Waals surface area contributed by atoms with Crippen LogP contribution in [0.4, 0.5) is 5.82 Å². The third-order valence-corrected chi connectivity index (χ3v) is 3.28. The molecule has 0 fully saturated rings. The molecule has 112 valence electrons. The molecule has 0 radical (unpaired) electrons. The van der Waals surface area contributed by atoms with E-state index in [0.29, 0.717) is 5.84 Å². The van der Waals surface area contributed by atoms with Crippen molar-refractivity contribution in [2.45, 2.75) is 33.2 Å². The second-order valence-corrected chi connectivity index (χ2v) is 6.43. The summed E-state index contributed by atoms with van der Waals surface area (Å²) < 4.78 is 0. The van der Waals surface area contributed by atoms with Gasteiger partial charge in [-0.2, -0.15) is 5.10 Å². The number of amidine groups is 1. The molecule has 2 aromatic rings. The van der Waals surface area contributed by atoms with Crippen LogP contribution in [0, 0.1) is 5.41 Å². The Hall–Kier alpha value is -2.30. The molecule has 0 amide bonds. The van der Waals surface area contributed by atoms with E-state index in [0.717, 1.165) is 23.0 Å². The highest BCUT2D eigenvalue weighted by Gasteiger charge is 2.22. The number of nitrogens with zero attached hydrogens (tertiary/aromatic N) is 2. The van der Waals surface area contributed by atoms with Crippen molar-refractivity contribution in [1.29, 1.82) is 0 Å². The van der Waals surface area contributed by atoms with Crippen LogP contribution in [0.15, 0.2) is 41.6 Å². The molecule has 0 aliphatic rings. The monoisotopic (exact) mass is 285 g/mol. The smallest absolute Gasteiger partial charge is 0.142 e. The van der Waals surface area contributed by atoms with Crippen LogP contribution in [-0.4, -0.2) is 16.9 Å². The molecular weight excluding hydrogens is 262 g/mol. The normalized spacial score (nSPS) is 14.1. The minimum absolute atomic E-state index is 0.101. The van der Waals surface area contributed by atoms with E-state index in [1.807, 2.05) is 30.5 Å². The first-order valence-electron chi connectivity index (χ1n) is 7.03. The van der Waals surface area contributed by atoms with Crippen molar-refractivity contribution >= 4 is 22.4 Å². The van der Waals surface area contributed by atoms with Gasteiger partial charge in [0.25, 0.3) is 0 Å². The minimum atomic E-state index is -0.135. The van der Waals surface area contributed by atoms with Gasteiger partial charge in [-0.1, -0.05) is 45.0 Å². The Morgan fingerprint density at radius 3 is 2.57 bits per heavy atom. The molecule has 0 saturated carbocycles. The summed E-state index contributed by atoms with van der Waals surface area (Å²) in [5.41, 5.74) is 6.02. The van der Waals surface area contributed by atoms with E-state index in [1.54, 1.807) is 0 Å². The van der Waals surface area contributed by atoms with Crippen molar-refractivity contribution in [1.82, 2.24) is 4.98 Å². The summed E-state index contributed by atoms with van der Waals surface area (Å²) in [5.74, 6) is 6.50. The van der Waals surface area contributed by atoms with E-state index >= 15 is 0 Å². The van der Waals surface area contributed by atoms with Crippen LogP contribution in [0.25, 0.3) is 10.8 Å². The molecular formula is C16H23N5. The SMILES string of the molecule is CC(C)(C)CC(Nc1cc2ccccc2cn1)/C(N)=N/N. The number of anilines is 1. The van der Waals surface area contributed by atoms with Crippen molar-refractivity contribution in [3.05, 3.63) is 36.5 Å². The highest BCUT2D eigenvalue weighted by Crippen LogP contribution is 2.23. The Morgan fingerprint density at radius 1 is 1.29 bits per heavy atom. The lowest BCUT2D eigenvalue weighted by Crippen LogP contribution is -2.39.